The molecule has 2 aliphatic heterocycles. The summed E-state index contributed by atoms with van der Waals surface area (Å²) in [7, 11) is 0. The van der Waals surface area contributed by atoms with Crippen LogP contribution in [0, 0.1) is 5.92 Å². The van der Waals surface area contributed by atoms with Gasteiger partial charge in [0.05, 0.1) is 0 Å². The number of benzene rings is 1. The van der Waals surface area contributed by atoms with Crippen LogP contribution in [-0.4, -0.2) is 31.2 Å². The first-order valence-corrected chi connectivity index (χ1v) is 8.62. The molecule has 0 unspecified atom stereocenters. The molecule has 1 fully saturated rings. The zero-order valence-electron chi connectivity index (χ0n) is 12.1. The topological polar surface area (TPSA) is 28.2 Å². The van der Waals surface area contributed by atoms with Gasteiger partial charge in [0.15, 0.2) is 0 Å². The van der Waals surface area contributed by atoms with E-state index in [0.29, 0.717) is 0 Å². The third-order valence-corrected chi connectivity index (χ3v) is 5.26. The molecular formula is C17H20BrN3. The lowest BCUT2D eigenvalue weighted by Gasteiger charge is -2.35. The Morgan fingerprint density at radius 2 is 2.10 bits per heavy atom. The van der Waals surface area contributed by atoms with Gasteiger partial charge >= 0.3 is 0 Å². The molecule has 0 aliphatic carbocycles. The first-order valence-electron chi connectivity index (χ1n) is 7.83. The molecule has 0 radical (unpaired) electrons. The lowest BCUT2D eigenvalue weighted by molar-refractivity contribution is 0.373. The maximum atomic E-state index is 4.39. The summed E-state index contributed by atoms with van der Waals surface area (Å²) < 4.78 is 1.15. The number of hydrogen-bond acceptors (Lipinski definition) is 3. The molecule has 4 rings (SSSR count). The molecule has 0 atom stereocenters. The van der Waals surface area contributed by atoms with E-state index in [1.807, 2.05) is 12.4 Å². The van der Waals surface area contributed by atoms with Crippen LogP contribution in [0.4, 0.5) is 5.69 Å². The Balaban J connectivity index is 1.72. The van der Waals surface area contributed by atoms with Crippen LogP contribution in [-0.2, 0) is 6.42 Å². The number of rotatable bonds is 2. The van der Waals surface area contributed by atoms with Gasteiger partial charge in [-0.2, -0.15) is 0 Å². The van der Waals surface area contributed by atoms with E-state index >= 15 is 0 Å². The van der Waals surface area contributed by atoms with Crippen LogP contribution >= 0.6 is 15.9 Å². The lowest BCUT2D eigenvalue weighted by atomic mass is 9.94. The average Bonchev–Trinajstić information content (AvgIpc) is 2.51. The zero-order chi connectivity index (χ0) is 14.2. The molecule has 1 aromatic heterocycles. The van der Waals surface area contributed by atoms with Crippen LogP contribution in [0.5, 0.6) is 0 Å². The van der Waals surface area contributed by atoms with Crippen molar-refractivity contribution in [2.24, 2.45) is 5.92 Å². The van der Waals surface area contributed by atoms with Gasteiger partial charge in [0.25, 0.3) is 0 Å². The van der Waals surface area contributed by atoms with E-state index in [1.165, 1.54) is 54.5 Å². The molecule has 2 aromatic rings. The molecule has 3 nitrogen and oxygen atoms in total. The second kappa shape index (κ2) is 5.58. The molecule has 1 aromatic carbocycles. The summed E-state index contributed by atoms with van der Waals surface area (Å²) in [5.41, 5.74) is 2.79. The normalized spacial score (nSPS) is 19.2. The molecule has 0 amide bonds. The van der Waals surface area contributed by atoms with Crippen LogP contribution in [0.2, 0.25) is 0 Å². The summed E-state index contributed by atoms with van der Waals surface area (Å²) in [4.78, 5) is 6.99. The summed E-state index contributed by atoms with van der Waals surface area (Å²) in [6.07, 6.45) is 7.75. The van der Waals surface area contributed by atoms with E-state index < -0.39 is 0 Å². The van der Waals surface area contributed by atoms with Crippen LogP contribution in [0.1, 0.15) is 18.4 Å². The average molecular weight is 346 g/mol. The molecule has 0 spiro atoms. The number of pyridine rings is 1. The highest BCUT2D eigenvalue weighted by Crippen LogP contribution is 2.37. The van der Waals surface area contributed by atoms with E-state index in [2.05, 4.69) is 43.3 Å². The minimum atomic E-state index is 0.823. The number of nitrogens with one attached hydrogen (secondary N) is 1. The van der Waals surface area contributed by atoms with Crippen LogP contribution in [0.3, 0.4) is 0 Å². The summed E-state index contributed by atoms with van der Waals surface area (Å²) in [6, 6.07) is 4.47. The van der Waals surface area contributed by atoms with Gasteiger partial charge in [-0.15, -0.1) is 0 Å². The van der Waals surface area contributed by atoms with Crippen molar-refractivity contribution in [3.63, 3.8) is 0 Å². The molecule has 110 valence electrons. The highest BCUT2D eigenvalue weighted by Gasteiger charge is 2.23. The predicted molar refractivity (Wildman–Crippen MR) is 91.0 cm³/mol. The monoisotopic (exact) mass is 345 g/mol. The van der Waals surface area contributed by atoms with Crippen molar-refractivity contribution in [1.82, 2.24) is 10.3 Å². The van der Waals surface area contributed by atoms with Crippen molar-refractivity contribution in [2.45, 2.75) is 19.3 Å². The summed E-state index contributed by atoms with van der Waals surface area (Å²) in [5, 5.41) is 6.13. The molecule has 3 heterocycles. The van der Waals surface area contributed by atoms with Crippen molar-refractivity contribution in [3.8, 4) is 0 Å². The van der Waals surface area contributed by atoms with E-state index in [4.69, 9.17) is 0 Å². The van der Waals surface area contributed by atoms with Crippen molar-refractivity contribution >= 4 is 32.4 Å². The molecule has 4 heteroatoms. The van der Waals surface area contributed by atoms with Gasteiger partial charge < -0.3 is 10.2 Å². The molecular weight excluding hydrogens is 326 g/mol. The first-order chi connectivity index (χ1) is 10.3. The van der Waals surface area contributed by atoms with E-state index in [9.17, 15) is 0 Å². The predicted octanol–water partition coefficient (Wildman–Crippen LogP) is 3.36. The highest BCUT2D eigenvalue weighted by atomic mass is 79.9. The maximum Gasteiger partial charge on any atom is 0.0461 e. The van der Waals surface area contributed by atoms with Gasteiger partial charge in [-0.25, -0.2) is 0 Å². The first kappa shape index (κ1) is 13.5. The van der Waals surface area contributed by atoms with E-state index in [1.54, 1.807) is 0 Å². The third-order valence-electron chi connectivity index (χ3n) is 4.81. The van der Waals surface area contributed by atoms with Crippen molar-refractivity contribution < 1.29 is 0 Å². The number of aromatic nitrogens is 1. The van der Waals surface area contributed by atoms with Gasteiger partial charge in [-0.05, 0) is 56.0 Å². The van der Waals surface area contributed by atoms with E-state index in [-0.39, 0.29) is 0 Å². The number of nitrogens with zero attached hydrogens (tertiary/aromatic N) is 2. The van der Waals surface area contributed by atoms with Gasteiger partial charge in [0.2, 0.25) is 0 Å². The fraction of sp³-hybridized carbons (Fsp3) is 0.471. The highest BCUT2D eigenvalue weighted by molar-refractivity contribution is 9.10. The number of piperidine rings is 1. The fourth-order valence-electron chi connectivity index (χ4n) is 3.72. The van der Waals surface area contributed by atoms with Crippen molar-refractivity contribution in [3.05, 3.63) is 34.6 Å². The van der Waals surface area contributed by atoms with Gasteiger partial charge in [0, 0.05) is 46.4 Å². The Morgan fingerprint density at radius 3 is 2.95 bits per heavy atom. The maximum absolute atomic E-state index is 4.39. The molecule has 2 aliphatic rings. The SMILES string of the molecule is Brc1cc2c3c(cncc3c1)CCN2CC1CCNCC1. The van der Waals surface area contributed by atoms with Crippen LogP contribution in [0.15, 0.2) is 29.0 Å². The fourth-order valence-corrected chi connectivity index (χ4v) is 4.18. The van der Waals surface area contributed by atoms with Crippen LogP contribution < -0.4 is 10.2 Å². The van der Waals surface area contributed by atoms with Gasteiger partial charge in [-0.3, -0.25) is 4.98 Å². The molecule has 1 saturated heterocycles. The number of hydrogen-bond donors (Lipinski definition) is 1. The number of anilines is 1. The van der Waals surface area contributed by atoms with Crippen LogP contribution in [0.25, 0.3) is 10.8 Å². The largest absolute Gasteiger partial charge is 0.370 e. The Labute approximate surface area is 133 Å². The molecule has 0 saturated carbocycles. The van der Waals surface area contributed by atoms with Gasteiger partial charge in [0.1, 0.15) is 0 Å². The minimum absolute atomic E-state index is 0.823. The molecule has 21 heavy (non-hydrogen) atoms. The third kappa shape index (κ3) is 2.55. The second-order valence-electron chi connectivity index (χ2n) is 6.21. The Morgan fingerprint density at radius 1 is 1.24 bits per heavy atom. The summed E-state index contributed by atoms with van der Waals surface area (Å²) >= 11 is 3.66. The van der Waals surface area contributed by atoms with Crippen molar-refractivity contribution in [2.75, 3.05) is 31.1 Å². The Kier molecular flexibility index (Phi) is 3.59. The zero-order valence-corrected chi connectivity index (χ0v) is 13.7. The van der Waals surface area contributed by atoms with Gasteiger partial charge in [-0.1, -0.05) is 15.9 Å². The Hall–Kier alpha value is -1.13. The smallest absolute Gasteiger partial charge is 0.0461 e. The second-order valence-corrected chi connectivity index (χ2v) is 7.13. The summed E-state index contributed by atoms with van der Waals surface area (Å²) in [5.74, 6) is 0.823. The van der Waals surface area contributed by atoms with E-state index in [0.717, 1.165) is 23.4 Å². The lowest BCUT2D eigenvalue weighted by Crippen LogP contribution is -2.38. The minimum Gasteiger partial charge on any atom is -0.370 e. The quantitative estimate of drug-likeness (QED) is 0.904. The number of halogens is 1. The standard InChI is InChI=1S/C17H20BrN3/c18-15-7-14-10-20-9-13-3-6-21(16(8-15)17(13)14)11-12-1-4-19-5-2-12/h7-10,12,19H,1-6,11H2. The summed E-state index contributed by atoms with van der Waals surface area (Å²) in [6.45, 7) is 4.66. The molecule has 0 bridgehead atoms. The van der Waals surface area contributed by atoms with Crippen molar-refractivity contribution in [1.29, 1.82) is 0 Å². The Bertz CT molecular complexity index is 664. The molecule has 1 N–H and O–H groups in total.